The summed E-state index contributed by atoms with van der Waals surface area (Å²) >= 11 is 5.89. The second-order valence-corrected chi connectivity index (χ2v) is 3.50. The molecule has 7 heteroatoms. The zero-order chi connectivity index (χ0) is 12.1. The van der Waals surface area contributed by atoms with Gasteiger partial charge in [0, 0.05) is 13.6 Å². The van der Waals surface area contributed by atoms with Gasteiger partial charge in [0.2, 0.25) is 0 Å². The average Bonchev–Trinajstić information content (AvgIpc) is 2.26. The molecule has 0 bridgehead atoms. The Morgan fingerprint density at radius 1 is 1.69 bits per heavy atom. The molecule has 0 spiro atoms. The average molecular weight is 246 g/mol. The number of halogens is 1. The molecule has 0 saturated carbocycles. The van der Waals surface area contributed by atoms with E-state index < -0.39 is 5.97 Å². The Bertz CT molecular complexity index is 386. The van der Waals surface area contributed by atoms with Crippen LogP contribution < -0.4 is 9.64 Å². The quantitative estimate of drug-likeness (QED) is 0.836. The zero-order valence-electron chi connectivity index (χ0n) is 8.97. The van der Waals surface area contributed by atoms with Crippen LogP contribution in [-0.2, 0) is 4.79 Å². The van der Waals surface area contributed by atoms with Crippen molar-refractivity contribution in [1.29, 1.82) is 0 Å². The fourth-order valence-electron chi connectivity index (χ4n) is 1.08. The molecule has 0 saturated heterocycles. The maximum absolute atomic E-state index is 10.4. The Kier molecular flexibility index (Phi) is 4.30. The first-order valence-electron chi connectivity index (χ1n) is 4.54. The summed E-state index contributed by atoms with van der Waals surface area (Å²) in [5.74, 6) is -0.418. The highest BCUT2D eigenvalue weighted by molar-refractivity contribution is 6.32. The van der Waals surface area contributed by atoms with Crippen LogP contribution in [-0.4, -0.2) is 41.7 Å². The van der Waals surface area contributed by atoms with E-state index in [1.807, 2.05) is 0 Å². The largest absolute Gasteiger partial charge is 0.481 e. The lowest BCUT2D eigenvalue weighted by Crippen LogP contribution is -2.22. The highest BCUT2D eigenvalue weighted by atomic mass is 35.5. The number of carbonyl (C=O) groups is 1. The van der Waals surface area contributed by atoms with Crippen molar-refractivity contribution in [1.82, 2.24) is 9.97 Å². The number of aliphatic carboxylic acids is 1. The van der Waals surface area contributed by atoms with Gasteiger partial charge in [0.1, 0.15) is 5.02 Å². The summed E-state index contributed by atoms with van der Waals surface area (Å²) in [5.41, 5.74) is 0. The van der Waals surface area contributed by atoms with E-state index in [4.69, 9.17) is 21.4 Å². The van der Waals surface area contributed by atoms with E-state index in [1.54, 1.807) is 11.9 Å². The van der Waals surface area contributed by atoms with Gasteiger partial charge in [0.15, 0.2) is 5.82 Å². The van der Waals surface area contributed by atoms with Gasteiger partial charge in [0.25, 0.3) is 0 Å². The van der Waals surface area contributed by atoms with Gasteiger partial charge in [-0.25, -0.2) is 4.98 Å². The number of nitrogens with zero attached hydrogens (tertiary/aromatic N) is 3. The van der Waals surface area contributed by atoms with E-state index in [0.29, 0.717) is 17.4 Å². The predicted octanol–water partition coefficient (Wildman–Crippen LogP) is 1.05. The molecular formula is C9H12ClN3O3. The van der Waals surface area contributed by atoms with E-state index in [0.717, 1.165) is 0 Å². The molecule has 1 aromatic heterocycles. The Hall–Kier alpha value is -1.56. The van der Waals surface area contributed by atoms with Gasteiger partial charge in [-0.15, -0.1) is 0 Å². The molecule has 0 aliphatic rings. The number of rotatable bonds is 5. The molecule has 88 valence electrons. The molecule has 0 fully saturated rings. The summed E-state index contributed by atoms with van der Waals surface area (Å²) in [5, 5.41) is 8.92. The molecular weight excluding hydrogens is 234 g/mol. The summed E-state index contributed by atoms with van der Waals surface area (Å²) in [6, 6.07) is 0.196. The van der Waals surface area contributed by atoms with Crippen molar-refractivity contribution in [2.45, 2.75) is 6.42 Å². The van der Waals surface area contributed by atoms with Crippen LogP contribution in [0, 0.1) is 0 Å². The number of ether oxygens (including phenoxy) is 1. The number of carboxylic acid groups (broad SMARTS) is 1. The molecule has 6 nitrogen and oxygen atoms in total. The van der Waals surface area contributed by atoms with Crippen molar-refractivity contribution in [3.63, 3.8) is 0 Å². The molecule has 0 amide bonds. The standard InChI is InChI=1S/C9H12ClN3O3/c1-13(4-3-7(14)15)8-6(10)5-11-9(12-8)16-2/h5H,3-4H2,1-2H3,(H,14,15). The monoisotopic (exact) mass is 245 g/mol. The molecule has 0 aliphatic heterocycles. The predicted molar refractivity (Wildman–Crippen MR) is 59.1 cm³/mol. The Labute approximate surface area is 97.8 Å². The summed E-state index contributed by atoms with van der Waals surface area (Å²) in [4.78, 5) is 19.9. The van der Waals surface area contributed by atoms with E-state index in [-0.39, 0.29) is 12.4 Å². The van der Waals surface area contributed by atoms with Crippen molar-refractivity contribution in [3.05, 3.63) is 11.2 Å². The highest BCUT2D eigenvalue weighted by Gasteiger charge is 2.11. The van der Waals surface area contributed by atoms with Gasteiger partial charge < -0.3 is 14.7 Å². The minimum atomic E-state index is -0.871. The Balaban J connectivity index is 2.80. The highest BCUT2D eigenvalue weighted by Crippen LogP contribution is 2.23. The van der Waals surface area contributed by atoms with Crippen molar-refractivity contribution in [2.24, 2.45) is 0 Å². The molecule has 1 aromatic rings. The Morgan fingerprint density at radius 2 is 2.38 bits per heavy atom. The van der Waals surface area contributed by atoms with E-state index in [9.17, 15) is 4.79 Å². The smallest absolute Gasteiger partial charge is 0.318 e. The first kappa shape index (κ1) is 12.5. The molecule has 16 heavy (non-hydrogen) atoms. The maximum atomic E-state index is 10.4. The molecule has 1 rings (SSSR count). The summed E-state index contributed by atoms with van der Waals surface area (Å²) in [7, 11) is 3.15. The lowest BCUT2D eigenvalue weighted by atomic mass is 10.4. The third kappa shape index (κ3) is 3.23. The van der Waals surface area contributed by atoms with Crippen LogP contribution in [0.15, 0.2) is 6.20 Å². The summed E-state index contributed by atoms with van der Waals surface area (Å²) < 4.78 is 4.86. The van der Waals surface area contributed by atoms with Gasteiger partial charge in [-0.2, -0.15) is 4.98 Å². The van der Waals surface area contributed by atoms with Crippen LogP contribution in [0.2, 0.25) is 5.02 Å². The SMILES string of the molecule is COc1ncc(Cl)c(N(C)CCC(=O)O)n1. The lowest BCUT2D eigenvalue weighted by molar-refractivity contribution is -0.136. The molecule has 1 N–H and O–H groups in total. The third-order valence-electron chi connectivity index (χ3n) is 1.91. The van der Waals surface area contributed by atoms with Gasteiger partial charge in [-0.3, -0.25) is 4.79 Å². The molecule has 0 atom stereocenters. The molecule has 0 radical (unpaired) electrons. The number of hydrogen-bond acceptors (Lipinski definition) is 5. The number of aromatic nitrogens is 2. The van der Waals surface area contributed by atoms with Crippen LogP contribution in [0.3, 0.4) is 0 Å². The number of anilines is 1. The van der Waals surface area contributed by atoms with E-state index in [1.165, 1.54) is 13.3 Å². The summed E-state index contributed by atoms with van der Waals surface area (Å²) in [6.07, 6.45) is 1.43. The fourth-order valence-corrected chi connectivity index (χ4v) is 1.31. The Morgan fingerprint density at radius 3 is 2.94 bits per heavy atom. The first-order chi connectivity index (χ1) is 7.54. The van der Waals surface area contributed by atoms with Crippen LogP contribution >= 0.6 is 11.6 Å². The van der Waals surface area contributed by atoms with Gasteiger partial charge in [-0.1, -0.05) is 11.6 Å². The summed E-state index contributed by atoms with van der Waals surface area (Å²) in [6.45, 7) is 0.315. The normalized spacial score (nSPS) is 9.94. The maximum Gasteiger partial charge on any atom is 0.318 e. The molecule has 1 heterocycles. The number of methoxy groups -OCH3 is 1. The van der Waals surface area contributed by atoms with Crippen LogP contribution in [0.1, 0.15) is 6.42 Å². The van der Waals surface area contributed by atoms with Crippen molar-refractivity contribution >= 4 is 23.4 Å². The van der Waals surface area contributed by atoms with E-state index in [2.05, 4.69) is 9.97 Å². The van der Waals surface area contributed by atoms with E-state index >= 15 is 0 Å². The van der Waals surface area contributed by atoms with Gasteiger partial charge in [-0.05, 0) is 0 Å². The molecule has 0 aromatic carbocycles. The molecule has 0 aliphatic carbocycles. The second-order valence-electron chi connectivity index (χ2n) is 3.09. The van der Waals surface area contributed by atoms with Crippen LogP contribution in [0.5, 0.6) is 6.01 Å². The van der Waals surface area contributed by atoms with Crippen molar-refractivity contribution in [3.8, 4) is 6.01 Å². The first-order valence-corrected chi connectivity index (χ1v) is 4.92. The lowest BCUT2D eigenvalue weighted by Gasteiger charge is -2.18. The zero-order valence-corrected chi connectivity index (χ0v) is 9.73. The second kappa shape index (κ2) is 5.50. The van der Waals surface area contributed by atoms with Crippen LogP contribution in [0.25, 0.3) is 0 Å². The number of hydrogen-bond donors (Lipinski definition) is 1. The minimum Gasteiger partial charge on any atom is -0.481 e. The van der Waals surface area contributed by atoms with Crippen molar-refractivity contribution < 1.29 is 14.6 Å². The van der Waals surface area contributed by atoms with Gasteiger partial charge >= 0.3 is 12.0 Å². The van der Waals surface area contributed by atoms with Crippen LogP contribution in [0.4, 0.5) is 5.82 Å². The fraction of sp³-hybridized carbons (Fsp3) is 0.444. The molecule has 0 unspecified atom stereocenters. The van der Waals surface area contributed by atoms with Crippen molar-refractivity contribution in [2.75, 3.05) is 25.6 Å². The third-order valence-corrected chi connectivity index (χ3v) is 2.18. The minimum absolute atomic E-state index is 0.0130. The number of carboxylic acids is 1. The van der Waals surface area contributed by atoms with Gasteiger partial charge in [0.05, 0.1) is 19.7 Å². The topological polar surface area (TPSA) is 75.5 Å².